The monoisotopic (exact) mass is 567 g/mol. The molecular weight excluding hydrogens is 546 g/mol. The average Bonchev–Trinajstić information content (AvgIpc) is 2.85. The summed E-state index contributed by atoms with van der Waals surface area (Å²) in [5.41, 5.74) is 9.26. The maximum atomic E-state index is 13.2. The first kappa shape index (κ1) is 28.5. The van der Waals surface area contributed by atoms with Crippen molar-refractivity contribution in [3.8, 4) is 0 Å². The van der Waals surface area contributed by atoms with Crippen LogP contribution in [0.1, 0.15) is 19.4 Å². The summed E-state index contributed by atoms with van der Waals surface area (Å²) in [6, 6.07) is 5.23. The fourth-order valence-electron chi connectivity index (χ4n) is 3.71. The first-order chi connectivity index (χ1) is 18.0. The molecule has 2 amide bonds. The summed E-state index contributed by atoms with van der Waals surface area (Å²) in [4.78, 5) is 62.0. The number of carboxylic acid groups (broad SMARTS) is 1. The van der Waals surface area contributed by atoms with Crippen molar-refractivity contribution in [1.82, 2.24) is 10.2 Å². The van der Waals surface area contributed by atoms with Gasteiger partial charge < -0.3 is 25.4 Å². The van der Waals surface area contributed by atoms with Crippen LogP contribution in [0.2, 0.25) is 0 Å². The Morgan fingerprint density at radius 3 is 2.55 bits per heavy atom. The van der Waals surface area contributed by atoms with Gasteiger partial charge in [-0.1, -0.05) is 0 Å². The van der Waals surface area contributed by atoms with Crippen molar-refractivity contribution < 1.29 is 47.7 Å². The molecule has 2 aliphatic heterocycles. The molecule has 1 saturated heterocycles. The fraction of sp³-hybridized carbons (Fsp3) is 0.381. The summed E-state index contributed by atoms with van der Waals surface area (Å²) >= 11 is 0.845. The molecule has 17 heteroatoms. The largest absolute Gasteiger partial charge is 0.508 e. The molecule has 0 saturated carbocycles. The normalized spacial score (nSPS) is 21.0. The second-order valence-corrected chi connectivity index (χ2v) is 10.5. The Kier molecular flexibility index (Phi) is 8.98. The zero-order chi connectivity index (χ0) is 28.1. The molecule has 2 aliphatic rings. The molecule has 0 aromatic heterocycles. The van der Waals surface area contributed by atoms with Gasteiger partial charge in [-0.05, 0) is 24.6 Å². The first-order valence-electron chi connectivity index (χ1n) is 10.9. The number of ether oxygens (including phenoxy) is 2. The summed E-state index contributed by atoms with van der Waals surface area (Å²) in [7, 11) is -2.18. The number of nitro benzene ring substituents is 1. The standard InChI is InChI=1S/C21H21N5O10S2/c1-10(36-21(31)35-9-12-3-5-13(6-4-12)26(32)33)14-18(28)25-15(20(29)30)16(37-8-7-23-11(2)27)17(24-22)38(34)19(14)25/h3-6,10,14,19H,7-9H2,1-2H3,(H,23,27)(H,29,30)/t10?,14-,19-,38-/m0/s1. The number of carboxylic acids is 1. The Morgan fingerprint density at radius 2 is 2.00 bits per heavy atom. The van der Waals surface area contributed by atoms with Gasteiger partial charge in [0.25, 0.3) is 5.69 Å². The second-order valence-electron chi connectivity index (χ2n) is 7.93. The molecule has 2 N–H and O–H groups in total. The number of non-ortho nitro benzene ring substituents is 1. The number of β-lactam (4-membered cyclic amide) rings is 1. The number of carbonyl (C=O) groups is 4. The number of rotatable bonds is 10. The molecule has 1 fully saturated rings. The van der Waals surface area contributed by atoms with E-state index in [2.05, 4.69) is 10.1 Å². The summed E-state index contributed by atoms with van der Waals surface area (Å²) in [6.45, 7) is 2.48. The van der Waals surface area contributed by atoms with E-state index in [9.17, 15) is 44.1 Å². The first-order valence-corrected chi connectivity index (χ1v) is 13.0. The average molecular weight is 568 g/mol. The van der Waals surface area contributed by atoms with Crippen LogP contribution in [-0.4, -0.2) is 76.7 Å². The maximum Gasteiger partial charge on any atom is 0.508 e. The Hall–Kier alpha value is -4.08. The van der Waals surface area contributed by atoms with Gasteiger partial charge in [0, 0.05) is 31.4 Å². The third kappa shape index (κ3) is 5.90. The smallest absolute Gasteiger partial charge is 0.477 e. The minimum atomic E-state index is -2.18. The number of nitrogens with one attached hydrogen (secondary N) is 1. The highest BCUT2D eigenvalue weighted by Crippen LogP contribution is 2.44. The molecule has 202 valence electrons. The van der Waals surface area contributed by atoms with Crippen molar-refractivity contribution in [2.45, 2.75) is 31.9 Å². The molecule has 15 nitrogen and oxygen atoms in total. The van der Waals surface area contributed by atoms with Crippen molar-refractivity contribution in [3.63, 3.8) is 0 Å². The number of amides is 2. The van der Waals surface area contributed by atoms with Gasteiger partial charge in [0.2, 0.25) is 11.8 Å². The van der Waals surface area contributed by atoms with Crippen molar-refractivity contribution >= 4 is 57.2 Å². The summed E-state index contributed by atoms with van der Waals surface area (Å²) in [6.07, 6.45) is -2.37. The van der Waals surface area contributed by atoms with E-state index in [0.29, 0.717) is 5.56 Å². The Morgan fingerprint density at radius 1 is 1.34 bits per heavy atom. The highest BCUT2D eigenvalue weighted by atomic mass is 32.2. The molecule has 0 spiro atoms. The molecule has 38 heavy (non-hydrogen) atoms. The van der Waals surface area contributed by atoms with Gasteiger partial charge in [-0.15, -0.1) is 11.8 Å². The van der Waals surface area contributed by atoms with Crippen LogP contribution < -0.4 is 5.32 Å². The number of nitro groups is 1. The van der Waals surface area contributed by atoms with Crippen LogP contribution >= 0.6 is 11.8 Å². The number of benzene rings is 1. The molecule has 0 radical (unpaired) electrons. The lowest BCUT2D eigenvalue weighted by Gasteiger charge is -2.48. The fourth-order valence-corrected chi connectivity index (χ4v) is 6.62. The molecule has 3 rings (SSSR count). The van der Waals surface area contributed by atoms with E-state index in [1.165, 1.54) is 38.1 Å². The van der Waals surface area contributed by atoms with Gasteiger partial charge >= 0.3 is 17.2 Å². The zero-order valence-corrected chi connectivity index (χ0v) is 21.5. The topological polar surface area (TPSA) is 219 Å². The van der Waals surface area contributed by atoms with E-state index in [1.807, 2.05) is 0 Å². The molecule has 0 bridgehead atoms. The van der Waals surface area contributed by atoms with Crippen LogP contribution in [0.25, 0.3) is 5.53 Å². The van der Waals surface area contributed by atoms with Crippen LogP contribution in [0.4, 0.5) is 10.5 Å². The Balaban J connectivity index is 1.71. The molecule has 0 aliphatic carbocycles. The van der Waals surface area contributed by atoms with Crippen LogP contribution in [0.5, 0.6) is 0 Å². The maximum absolute atomic E-state index is 13.2. The molecule has 4 atom stereocenters. The molecule has 2 heterocycles. The third-order valence-electron chi connectivity index (χ3n) is 5.45. The minimum absolute atomic E-state index is 0.134. The number of nitrogens with zero attached hydrogens (tertiary/aromatic N) is 4. The summed E-state index contributed by atoms with van der Waals surface area (Å²) < 4.78 is 23.3. The number of carbonyl (C=O) groups excluding carboxylic acids is 3. The Labute approximate surface area is 221 Å². The predicted molar refractivity (Wildman–Crippen MR) is 131 cm³/mol. The van der Waals surface area contributed by atoms with E-state index >= 15 is 0 Å². The zero-order valence-electron chi connectivity index (χ0n) is 19.9. The Bertz CT molecular complexity index is 1290. The highest BCUT2D eigenvalue weighted by molar-refractivity contribution is 8.10. The van der Waals surface area contributed by atoms with E-state index in [0.717, 1.165) is 16.7 Å². The summed E-state index contributed by atoms with van der Waals surface area (Å²) in [5, 5.41) is 21.3. The van der Waals surface area contributed by atoms with Crippen LogP contribution in [0.15, 0.2) is 34.9 Å². The van der Waals surface area contributed by atoms with Gasteiger partial charge in [0.05, 0.1) is 4.92 Å². The van der Waals surface area contributed by atoms with Crippen LogP contribution in [0.3, 0.4) is 0 Å². The third-order valence-corrected chi connectivity index (χ3v) is 8.27. The van der Waals surface area contributed by atoms with Gasteiger partial charge in [-0.25, -0.2) is 13.8 Å². The van der Waals surface area contributed by atoms with Crippen molar-refractivity contribution in [1.29, 1.82) is 0 Å². The number of thioether (sulfide) groups is 1. The highest BCUT2D eigenvalue weighted by Gasteiger charge is 2.63. The molecule has 1 aromatic rings. The van der Waals surface area contributed by atoms with Gasteiger partial charge in [-0.2, -0.15) is 4.79 Å². The number of hydrogen-bond acceptors (Lipinski definition) is 10. The van der Waals surface area contributed by atoms with Crippen molar-refractivity contribution in [3.05, 3.63) is 56.1 Å². The van der Waals surface area contributed by atoms with E-state index < -0.39 is 61.9 Å². The van der Waals surface area contributed by atoms with E-state index in [4.69, 9.17) is 9.47 Å². The van der Waals surface area contributed by atoms with Crippen LogP contribution in [-0.2, 0) is 41.3 Å². The molecule has 1 aromatic carbocycles. The SMILES string of the molecule is CC(=O)NCCSC1=C(C(=O)O)N2C(=O)[C@H](C(C)OC(=O)OCc3ccc([N+](=O)[O-])cc3)[C@@H]2[S@@](=O)C1=[N+]=[N-]. The minimum Gasteiger partial charge on any atom is -0.477 e. The lowest BCUT2D eigenvalue weighted by Crippen LogP contribution is -2.69. The summed E-state index contributed by atoms with van der Waals surface area (Å²) in [5.74, 6) is -3.70. The number of aliphatic carboxylic acids is 1. The number of hydrogen-bond donors (Lipinski definition) is 2. The quantitative estimate of drug-likeness (QED) is 0.0771. The van der Waals surface area contributed by atoms with Crippen molar-refractivity contribution in [2.24, 2.45) is 5.92 Å². The molecular formula is C21H21N5O10S2. The van der Waals surface area contributed by atoms with E-state index in [-0.39, 0.29) is 35.4 Å². The van der Waals surface area contributed by atoms with Gasteiger partial charge in [0.1, 0.15) is 28.9 Å². The van der Waals surface area contributed by atoms with Gasteiger partial charge in [0.15, 0.2) is 16.5 Å². The lowest BCUT2D eigenvalue weighted by atomic mass is 9.91. The van der Waals surface area contributed by atoms with E-state index in [1.54, 1.807) is 0 Å². The molecule has 1 unspecified atom stereocenters. The van der Waals surface area contributed by atoms with Crippen molar-refractivity contribution in [2.75, 3.05) is 12.3 Å². The van der Waals surface area contributed by atoms with Crippen LogP contribution in [0, 0.1) is 16.0 Å². The predicted octanol–water partition coefficient (Wildman–Crippen LogP) is 0.977. The lowest BCUT2D eigenvalue weighted by molar-refractivity contribution is -0.384. The van der Waals surface area contributed by atoms with Gasteiger partial charge in [-0.3, -0.25) is 24.6 Å². The second kappa shape index (κ2) is 12.0. The number of fused-ring (bicyclic) bond motifs is 1.